The van der Waals surface area contributed by atoms with Gasteiger partial charge >= 0.3 is 6.18 Å². The summed E-state index contributed by atoms with van der Waals surface area (Å²) in [6.45, 7) is 2.33. The average Bonchev–Trinajstić information content (AvgIpc) is 2.78. The molecule has 1 amide bonds. The Morgan fingerprint density at radius 2 is 1.58 bits per heavy atom. The quantitative estimate of drug-likeness (QED) is 0.443. The van der Waals surface area contributed by atoms with Crippen LogP contribution in [0.25, 0.3) is 0 Å². The lowest BCUT2D eigenvalue weighted by Crippen LogP contribution is -2.36. The van der Waals surface area contributed by atoms with Gasteiger partial charge in [-0.2, -0.15) is 13.2 Å². The summed E-state index contributed by atoms with van der Waals surface area (Å²) in [6.07, 6.45) is -0.281. The van der Waals surface area contributed by atoms with Gasteiger partial charge in [-0.15, -0.1) is 0 Å². The summed E-state index contributed by atoms with van der Waals surface area (Å²) in [5, 5.41) is 5.70. The third-order valence-electron chi connectivity index (χ3n) is 4.50. The first-order valence-electron chi connectivity index (χ1n) is 9.63. The van der Waals surface area contributed by atoms with E-state index in [2.05, 4.69) is 20.6 Å². The monoisotopic (exact) mass is 426 g/mol. The van der Waals surface area contributed by atoms with Crippen LogP contribution in [-0.2, 0) is 19.1 Å². The summed E-state index contributed by atoms with van der Waals surface area (Å²) in [6, 6.07) is 15.3. The number of hydrogen-bond donors (Lipinski definition) is 2. The highest BCUT2D eigenvalue weighted by molar-refractivity contribution is 6.09. The molecule has 0 unspecified atom stereocenters. The zero-order chi connectivity index (χ0) is 22.3. The first-order valence-corrected chi connectivity index (χ1v) is 9.63. The maximum Gasteiger partial charge on any atom is 0.416 e. The highest BCUT2D eigenvalue weighted by Gasteiger charge is 2.30. The number of anilines is 1. The molecule has 160 valence electrons. The number of amides is 1. The van der Waals surface area contributed by atoms with Crippen LogP contribution in [0.1, 0.15) is 34.0 Å². The summed E-state index contributed by atoms with van der Waals surface area (Å²) in [5.41, 5.74) is 2.05. The second-order valence-electron chi connectivity index (χ2n) is 6.73. The lowest BCUT2D eigenvalue weighted by atomic mass is 10.1. The molecule has 2 aromatic carbocycles. The van der Waals surface area contributed by atoms with Gasteiger partial charge in [-0.25, -0.2) is 4.99 Å². The number of guanidine groups is 1. The number of carbonyl (C=O) groups excluding carboxylic acids is 1. The van der Waals surface area contributed by atoms with Gasteiger partial charge in [0.15, 0.2) is 0 Å². The van der Waals surface area contributed by atoms with Crippen molar-refractivity contribution < 1.29 is 18.0 Å². The smallest absolute Gasteiger partial charge is 0.326 e. The molecule has 0 saturated heterocycles. The van der Waals surface area contributed by atoms with Gasteiger partial charge in [0.1, 0.15) is 0 Å². The lowest BCUT2D eigenvalue weighted by molar-refractivity contribution is -0.137. The topological polar surface area (TPSA) is 66.4 Å². The number of pyridine rings is 1. The van der Waals surface area contributed by atoms with Crippen molar-refractivity contribution in [1.82, 2.24) is 10.3 Å². The minimum Gasteiger partial charge on any atom is -0.326 e. The Balaban J connectivity index is 1.78. The number of alkyl halides is 3. The normalized spacial score (nSPS) is 11.8. The van der Waals surface area contributed by atoms with Crippen molar-refractivity contribution in [1.29, 1.82) is 0 Å². The largest absolute Gasteiger partial charge is 0.416 e. The summed E-state index contributed by atoms with van der Waals surface area (Å²) < 4.78 is 38.3. The molecule has 0 radical (unpaired) electrons. The molecule has 0 fully saturated rings. The van der Waals surface area contributed by atoms with Gasteiger partial charge in [0.05, 0.1) is 12.1 Å². The molecule has 8 heteroatoms. The molecule has 0 aliphatic rings. The van der Waals surface area contributed by atoms with Crippen LogP contribution >= 0.6 is 0 Å². The average molecular weight is 426 g/mol. The molecule has 0 aliphatic carbocycles. The number of nitrogens with zero attached hydrogens (tertiary/aromatic N) is 2. The van der Waals surface area contributed by atoms with Crippen molar-refractivity contribution in [2.24, 2.45) is 4.99 Å². The van der Waals surface area contributed by atoms with Crippen LogP contribution < -0.4 is 10.6 Å². The number of hydrogen-bond acceptors (Lipinski definition) is 3. The molecule has 0 saturated carbocycles. The van der Waals surface area contributed by atoms with E-state index in [1.807, 2.05) is 31.2 Å². The van der Waals surface area contributed by atoms with E-state index in [1.54, 1.807) is 24.5 Å². The molecule has 0 atom stereocenters. The van der Waals surface area contributed by atoms with Crippen LogP contribution in [0, 0.1) is 0 Å². The number of aromatic nitrogens is 1. The van der Waals surface area contributed by atoms with Gasteiger partial charge in [-0.05, 0) is 66.1 Å². The van der Waals surface area contributed by atoms with Crippen molar-refractivity contribution in [3.63, 3.8) is 0 Å². The number of carbonyl (C=O) groups is 1. The maximum absolute atomic E-state index is 12.8. The minimum atomic E-state index is -4.46. The van der Waals surface area contributed by atoms with Gasteiger partial charge in [0.2, 0.25) is 5.96 Å². The Hall–Kier alpha value is -3.68. The fourth-order valence-electron chi connectivity index (χ4n) is 2.72. The van der Waals surface area contributed by atoms with E-state index in [0.29, 0.717) is 0 Å². The van der Waals surface area contributed by atoms with Crippen molar-refractivity contribution in [2.75, 3.05) is 5.32 Å². The van der Waals surface area contributed by atoms with E-state index >= 15 is 0 Å². The van der Waals surface area contributed by atoms with Crippen molar-refractivity contribution in [3.8, 4) is 0 Å². The SMILES string of the molecule is CCc1ccc(NC(=NCc2ccncc2)NC(=O)c2ccc(C(F)(F)F)cc2)cc1. The molecular formula is C23H21F3N4O. The molecule has 2 N–H and O–H groups in total. The lowest BCUT2D eigenvalue weighted by Gasteiger charge is -2.13. The fraction of sp³-hybridized carbons (Fsp3) is 0.174. The Bertz CT molecular complexity index is 1030. The Morgan fingerprint density at radius 1 is 0.935 bits per heavy atom. The zero-order valence-electron chi connectivity index (χ0n) is 16.8. The highest BCUT2D eigenvalue weighted by Crippen LogP contribution is 2.29. The minimum absolute atomic E-state index is 0.0905. The van der Waals surface area contributed by atoms with Gasteiger partial charge in [0, 0.05) is 23.6 Å². The molecule has 3 rings (SSSR count). The van der Waals surface area contributed by atoms with Crippen LogP contribution in [0.3, 0.4) is 0 Å². The molecule has 1 aromatic heterocycles. The van der Waals surface area contributed by atoms with Crippen LogP contribution in [0.4, 0.5) is 18.9 Å². The van der Waals surface area contributed by atoms with Crippen molar-refractivity contribution in [3.05, 3.63) is 95.3 Å². The van der Waals surface area contributed by atoms with E-state index in [0.717, 1.165) is 47.5 Å². The van der Waals surface area contributed by atoms with Gasteiger partial charge in [0.25, 0.3) is 5.91 Å². The number of nitrogens with one attached hydrogen (secondary N) is 2. The second-order valence-corrected chi connectivity index (χ2v) is 6.73. The fourth-order valence-corrected chi connectivity index (χ4v) is 2.72. The van der Waals surface area contributed by atoms with E-state index in [9.17, 15) is 18.0 Å². The third kappa shape index (κ3) is 6.40. The molecule has 31 heavy (non-hydrogen) atoms. The zero-order valence-corrected chi connectivity index (χ0v) is 16.8. The van der Waals surface area contributed by atoms with Crippen molar-refractivity contribution >= 4 is 17.6 Å². The van der Waals surface area contributed by atoms with E-state index < -0.39 is 17.6 Å². The number of aliphatic imine (C=N–C) groups is 1. The maximum atomic E-state index is 12.8. The molecule has 3 aromatic rings. The Morgan fingerprint density at radius 3 is 2.16 bits per heavy atom. The molecule has 1 heterocycles. The summed E-state index contributed by atoms with van der Waals surface area (Å²) in [5.74, 6) is -0.383. The molecule has 5 nitrogen and oxygen atoms in total. The van der Waals surface area contributed by atoms with Crippen LogP contribution in [0.15, 0.2) is 78.0 Å². The number of rotatable bonds is 5. The first kappa shape index (κ1) is 22.0. The van der Waals surface area contributed by atoms with E-state index in [-0.39, 0.29) is 18.1 Å². The van der Waals surface area contributed by atoms with Gasteiger partial charge < -0.3 is 5.32 Å². The first-order chi connectivity index (χ1) is 14.8. The van der Waals surface area contributed by atoms with Crippen LogP contribution in [0.2, 0.25) is 0 Å². The number of aryl methyl sites for hydroxylation is 1. The van der Waals surface area contributed by atoms with E-state index in [1.165, 1.54) is 0 Å². The molecule has 0 aliphatic heterocycles. The van der Waals surface area contributed by atoms with Crippen molar-refractivity contribution in [2.45, 2.75) is 26.1 Å². The summed E-state index contributed by atoms with van der Waals surface area (Å²) in [7, 11) is 0. The Labute approximate surface area is 178 Å². The van der Waals surface area contributed by atoms with Gasteiger partial charge in [-0.1, -0.05) is 19.1 Å². The third-order valence-corrected chi connectivity index (χ3v) is 4.50. The van der Waals surface area contributed by atoms with Gasteiger partial charge in [-0.3, -0.25) is 15.1 Å². The highest BCUT2D eigenvalue weighted by atomic mass is 19.4. The predicted molar refractivity (Wildman–Crippen MR) is 114 cm³/mol. The Kier molecular flexibility index (Phi) is 7.02. The summed E-state index contributed by atoms with van der Waals surface area (Å²) >= 11 is 0. The number of halogens is 3. The van der Waals surface area contributed by atoms with Crippen LogP contribution in [0.5, 0.6) is 0 Å². The van der Waals surface area contributed by atoms with E-state index in [4.69, 9.17) is 0 Å². The molecule has 0 bridgehead atoms. The second kappa shape index (κ2) is 9.88. The molecular weight excluding hydrogens is 405 g/mol. The number of benzene rings is 2. The predicted octanol–water partition coefficient (Wildman–Crippen LogP) is 5.06. The summed E-state index contributed by atoms with van der Waals surface area (Å²) in [4.78, 5) is 21.0. The molecule has 0 spiro atoms. The van der Waals surface area contributed by atoms with Crippen LogP contribution in [-0.4, -0.2) is 16.9 Å². The standard InChI is InChI=1S/C23H21F3N4O/c1-2-16-3-9-20(10-4-16)29-22(28-15-17-11-13-27-14-12-17)30-21(31)18-5-7-19(8-6-18)23(24,25)26/h3-14H,2,15H2,1H3,(H2,28,29,30,31).